The lowest BCUT2D eigenvalue weighted by molar-refractivity contribution is -0.227. The zero-order valence-electron chi connectivity index (χ0n) is 6.59. The molecule has 0 radical (unpaired) electrons. The van der Waals surface area contributed by atoms with Crippen LogP contribution in [0.3, 0.4) is 0 Å². The Morgan fingerprint density at radius 3 is 2.00 bits per heavy atom. The first kappa shape index (κ1) is 9.59. The molecule has 1 fully saturated rings. The smallest absolute Gasteiger partial charge is 0.188 e. The summed E-state index contributed by atoms with van der Waals surface area (Å²) < 4.78 is 10.7. The van der Waals surface area contributed by atoms with Crippen LogP contribution in [0, 0.1) is 0 Å². The molecule has 1 heterocycles. The number of hydrogen-bond acceptors (Lipinski definition) is 2. The minimum atomic E-state index is -0.597. The number of ether oxygens (including phenoxy) is 2. The van der Waals surface area contributed by atoms with Crippen molar-refractivity contribution in [3.05, 3.63) is 0 Å². The van der Waals surface area contributed by atoms with Gasteiger partial charge in [0.15, 0.2) is 11.1 Å². The van der Waals surface area contributed by atoms with Crippen LogP contribution >= 0.6 is 23.2 Å². The Bertz CT molecular complexity index is 120. The topological polar surface area (TPSA) is 18.5 Å². The molecule has 0 spiro atoms. The van der Waals surface area contributed by atoms with Crippen molar-refractivity contribution in [1.29, 1.82) is 0 Å². The van der Waals surface area contributed by atoms with Crippen molar-refractivity contribution in [2.75, 3.05) is 0 Å². The standard InChI is InChI=1S/C7H12Cl2O2/c1-4-3-5(2)11-7(10-4)6(8)9/h4-7H,3H2,1-2H3/t4-,5-/m0/s1. The second-order valence-electron chi connectivity index (χ2n) is 2.83. The van der Waals surface area contributed by atoms with Crippen molar-refractivity contribution >= 4 is 23.2 Å². The van der Waals surface area contributed by atoms with Gasteiger partial charge in [-0.15, -0.1) is 0 Å². The molecule has 4 heteroatoms. The highest BCUT2D eigenvalue weighted by atomic mass is 35.5. The molecular formula is C7H12Cl2O2. The highest BCUT2D eigenvalue weighted by Gasteiger charge is 2.29. The molecule has 0 amide bonds. The van der Waals surface area contributed by atoms with E-state index in [1.54, 1.807) is 0 Å². The molecule has 11 heavy (non-hydrogen) atoms. The maximum Gasteiger partial charge on any atom is 0.188 e. The summed E-state index contributed by atoms with van der Waals surface area (Å²) in [5.74, 6) is 0. The van der Waals surface area contributed by atoms with Crippen LogP contribution in [-0.2, 0) is 9.47 Å². The van der Waals surface area contributed by atoms with Gasteiger partial charge in [-0.05, 0) is 20.3 Å². The molecule has 2 nitrogen and oxygen atoms in total. The van der Waals surface area contributed by atoms with Crippen molar-refractivity contribution in [2.45, 2.75) is 43.6 Å². The average molecular weight is 199 g/mol. The van der Waals surface area contributed by atoms with Gasteiger partial charge in [-0.2, -0.15) is 0 Å². The summed E-state index contributed by atoms with van der Waals surface area (Å²) in [5.41, 5.74) is 0. The summed E-state index contributed by atoms with van der Waals surface area (Å²) in [7, 11) is 0. The van der Waals surface area contributed by atoms with Gasteiger partial charge >= 0.3 is 0 Å². The SMILES string of the molecule is C[C@H]1C[C@H](C)OC(C(Cl)Cl)O1. The third kappa shape index (κ3) is 2.79. The van der Waals surface area contributed by atoms with Crippen LogP contribution in [0.2, 0.25) is 0 Å². The maximum atomic E-state index is 5.60. The minimum absolute atomic E-state index is 0.184. The van der Waals surface area contributed by atoms with Crippen molar-refractivity contribution in [1.82, 2.24) is 0 Å². The number of alkyl halides is 2. The molecule has 66 valence electrons. The maximum absolute atomic E-state index is 5.60. The fourth-order valence-corrected chi connectivity index (χ4v) is 1.42. The Hall–Kier alpha value is 0.500. The second kappa shape index (κ2) is 3.94. The van der Waals surface area contributed by atoms with Crippen molar-refractivity contribution in [2.24, 2.45) is 0 Å². The summed E-state index contributed by atoms with van der Waals surface area (Å²) in [4.78, 5) is -0.597. The summed E-state index contributed by atoms with van der Waals surface area (Å²) in [6.45, 7) is 3.98. The molecule has 0 aromatic heterocycles. The van der Waals surface area contributed by atoms with E-state index in [1.807, 2.05) is 13.8 Å². The molecule has 0 N–H and O–H groups in total. The van der Waals surface area contributed by atoms with Crippen LogP contribution in [-0.4, -0.2) is 23.3 Å². The van der Waals surface area contributed by atoms with Crippen LogP contribution in [0.5, 0.6) is 0 Å². The van der Waals surface area contributed by atoms with Gasteiger partial charge in [-0.3, -0.25) is 0 Å². The van der Waals surface area contributed by atoms with E-state index < -0.39 is 11.1 Å². The van der Waals surface area contributed by atoms with E-state index in [0.717, 1.165) is 6.42 Å². The molecule has 1 saturated heterocycles. The molecule has 1 rings (SSSR count). The lowest BCUT2D eigenvalue weighted by atomic mass is 10.2. The van der Waals surface area contributed by atoms with Crippen molar-refractivity contribution in [3.63, 3.8) is 0 Å². The summed E-state index contributed by atoms with van der Waals surface area (Å²) in [6, 6.07) is 0. The van der Waals surface area contributed by atoms with E-state index in [9.17, 15) is 0 Å². The van der Waals surface area contributed by atoms with E-state index in [4.69, 9.17) is 32.7 Å². The van der Waals surface area contributed by atoms with Crippen LogP contribution in [0.15, 0.2) is 0 Å². The Morgan fingerprint density at radius 2 is 1.64 bits per heavy atom. The molecule has 0 bridgehead atoms. The van der Waals surface area contributed by atoms with E-state index in [-0.39, 0.29) is 12.2 Å². The third-order valence-electron chi connectivity index (χ3n) is 1.60. The lowest BCUT2D eigenvalue weighted by Gasteiger charge is -2.32. The largest absolute Gasteiger partial charge is 0.347 e. The Morgan fingerprint density at radius 1 is 1.18 bits per heavy atom. The fourth-order valence-electron chi connectivity index (χ4n) is 1.19. The van der Waals surface area contributed by atoms with Crippen molar-refractivity contribution < 1.29 is 9.47 Å². The van der Waals surface area contributed by atoms with E-state index in [1.165, 1.54) is 0 Å². The molecule has 0 aromatic rings. The zero-order valence-corrected chi connectivity index (χ0v) is 8.10. The number of rotatable bonds is 1. The van der Waals surface area contributed by atoms with E-state index >= 15 is 0 Å². The van der Waals surface area contributed by atoms with Gasteiger partial charge < -0.3 is 9.47 Å². The third-order valence-corrected chi connectivity index (χ3v) is 2.01. The Labute approximate surface area is 76.8 Å². The molecule has 1 aliphatic heterocycles. The highest BCUT2D eigenvalue weighted by Crippen LogP contribution is 2.23. The molecule has 1 aliphatic rings. The summed E-state index contributed by atoms with van der Waals surface area (Å²) >= 11 is 11.2. The van der Waals surface area contributed by atoms with Crippen LogP contribution < -0.4 is 0 Å². The van der Waals surface area contributed by atoms with Gasteiger partial charge in [0.05, 0.1) is 12.2 Å². The number of hydrogen-bond donors (Lipinski definition) is 0. The van der Waals surface area contributed by atoms with Crippen LogP contribution in [0.4, 0.5) is 0 Å². The van der Waals surface area contributed by atoms with Crippen LogP contribution in [0.25, 0.3) is 0 Å². The van der Waals surface area contributed by atoms with Gasteiger partial charge in [-0.25, -0.2) is 0 Å². The zero-order chi connectivity index (χ0) is 8.43. The summed E-state index contributed by atoms with van der Waals surface area (Å²) in [6.07, 6.45) is 0.807. The molecule has 0 unspecified atom stereocenters. The Kier molecular flexibility index (Phi) is 3.44. The van der Waals surface area contributed by atoms with E-state index in [0.29, 0.717) is 0 Å². The van der Waals surface area contributed by atoms with E-state index in [2.05, 4.69) is 0 Å². The fraction of sp³-hybridized carbons (Fsp3) is 1.00. The first-order valence-corrected chi connectivity index (χ1v) is 4.56. The molecular weight excluding hydrogens is 187 g/mol. The molecule has 0 aliphatic carbocycles. The Balaban J connectivity index is 2.43. The number of halogens is 2. The monoisotopic (exact) mass is 198 g/mol. The predicted octanol–water partition coefficient (Wildman–Crippen LogP) is 2.33. The van der Waals surface area contributed by atoms with Gasteiger partial charge in [0.2, 0.25) is 0 Å². The minimum Gasteiger partial charge on any atom is -0.347 e. The molecule has 2 atom stereocenters. The summed E-state index contributed by atoms with van der Waals surface area (Å²) in [5, 5.41) is 0. The van der Waals surface area contributed by atoms with Gasteiger partial charge in [0.25, 0.3) is 0 Å². The predicted molar refractivity (Wildman–Crippen MR) is 45.0 cm³/mol. The lowest BCUT2D eigenvalue weighted by Crippen LogP contribution is -2.38. The second-order valence-corrected chi connectivity index (χ2v) is 4.00. The molecule has 0 saturated carbocycles. The molecule has 0 aromatic carbocycles. The normalized spacial score (nSPS) is 39.5. The average Bonchev–Trinajstić information content (AvgIpc) is 1.85. The van der Waals surface area contributed by atoms with Crippen LogP contribution in [0.1, 0.15) is 20.3 Å². The first-order chi connectivity index (χ1) is 5.09. The first-order valence-electron chi connectivity index (χ1n) is 3.68. The van der Waals surface area contributed by atoms with Gasteiger partial charge in [0.1, 0.15) is 0 Å². The quantitative estimate of drug-likeness (QED) is 0.603. The van der Waals surface area contributed by atoms with Gasteiger partial charge in [0, 0.05) is 0 Å². The highest BCUT2D eigenvalue weighted by molar-refractivity contribution is 6.44. The van der Waals surface area contributed by atoms with Gasteiger partial charge in [-0.1, -0.05) is 23.2 Å². The van der Waals surface area contributed by atoms with Crippen molar-refractivity contribution in [3.8, 4) is 0 Å².